The summed E-state index contributed by atoms with van der Waals surface area (Å²) in [5, 5.41) is 8.81. The molecule has 0 saturated heterocycles. The monoisotopic (exact) mass is 255 g/mol. The highest BCUT2D eigenvalue weighted by Gasteiger charge is 2.02. The van der Waals surface area contributed by atoms with Crippen LogP contribution >= 0.6 is 23.2 Å². The first-order valence-electron chi connectivity index (χ1n) is 5.03. The summed E-state index contributed by atoms with van der Waals surface area (Å²) in [5.41, 5.74) is 1.86. The first-order valence-corrected chi connectivity index (χ1v) is 5.94. The zero-order valence-electron chi connectivity index (χ0n) is 8.61. The molecule has 16 heavy (non-hydrogen) atoms. The van der Waals surface area contributed by atoms with Crippen LogP contribution in [0.15, 0.2) is 30.5 Å². The molecule has 2 rings (SSSR count). The highest BCUT2D eigenvalue weighted by molar-refractivity contribution is 6.30. The van der Waals surface area contributed by atoms with Crippen molar-refractivity contribution in [3.8, 4) is 5.69 Å². The predicted octanol–water partition coefficient (Wildman–Crippen LogP) is 3.09. The van der Waals surface area contributed by atoms with Gasteiger partial charge in [0.05, 0.1) is 17.6 Å². The third-order valence-corrected chi connectivity index (χ3v) is 2.68. The first kappa shape index (κ1) is 11.4. The van der Waals surface area contributed by atoms with Gasteiger partial charge in [-0.2, -0.15) is 0 Å². The van der Waals surface area contributed by atoms with Gasteiger partial charge in [-0.3, -0.25) is 0 Å². The zero-order chi connectivity index (χ0) is 11.4. The van der Waals surface area contributed by atoms with Gasteiger partial charge in [0, 0.05) is 10.9 Å². The predicted molar refractivity (Wildman–Crippen MR) is 65.4 cm³/mol. The largest absolute Gasteiger partial charge is 0.220 e. The molecule has 0 aliphatic carbocycles. The molecule has 0 spiro atoms. The lowest BCUT2D eigenvalue weighted by molar-refractivity contribution is 0.792. The maximum absolute atomic E-state index is 5.91. The van der Waals surface area contributed by atoms with E-state index in [1.807, 2.05) is 30.5 Å². The molecule has 2 aromatic rings. The molecule has 0 amide bonds. The highest BCUT2D eigenvalue weighted by Crippen LogP contribution is 2.14. The molecule has 0 radical (unpaired) electrons. The van der Waals surface area contributed by atoms with Crippen LogP contribution in [0, 0.1) is 0 Å². The minimum absolute atomic E-state index is 0.643. The van der Waals surface area contributed by atoms with Crippen LogP contribution in [0.25, 0.3) is 5.69 Å². The van der Waals surface area contributed by atoms with Crippen molar-refractivity contribution < 1.29 is 0 Å². The normalized spacial score (nSPS) is 10.6. The van der Waals surface area contributed by atoms with E-state index in [0.29, 0.717) is 10.9 Å². The van der Waals surface area contributed by atoms with E-state index in [9.17, 15) is 0 Å². The van der Waals surface area contributed by atoms with Crippen LogP contribution in [-0.2, 0) is 6.42 Å². The number of halogens is 2. The van der Waals surface area contributed by atoms with E-state index in [4.69, 9.17) is 23.2 Å². The number of benzene rings is 1. The van der Waals surface area contributed by atoms with E-state index in [-0.39, 0.29) is 0 Å². The average Bonchev–Trinajstić information content (AvgIpc) is 2.75. The van der Waals surface area contributed by atoms with Crippen molar-refractivity contribution in [1.29, 1.82) is 0 Å². The van der Waals surface area contributed by atoms with E-state index in [0.717, 1.165) is 24.2 Å². The summed E-state index contributed by atoms with van der Waals surface area (Å²) in [5.74, 6) is 0.643. The zero-order valence-corrected chi connectivity index (χ0v) is 10.1. The summed E-state index contributed by atoms with van der Waals surface area (Å²) >= 11 is 11.5. The third-order valence-electron chi connectivity index (χ3n) is 2.18. The number of nitrogens with zero attached hydrogens (tertiary/aromatic N) is 3. The van der Waals surface area contributed by atoms with Crippen molar-refractivity contribution in [2.45, 2.75) is 12.8 Å². The molecule has 0 bridgehead atoms. The Labute approximate surface area is 104 Å². The van der Waals surface area contributed by atoms with Crippen LogP contribution in [0.4, 0.5) is 0 Å². The molecule has 0 N–H and O–H groups in total. The summed E-state index contributed by atoms with van der Waals surface area (Å²) in [7, 11) is 0. The molecule has 0 unspecified atom stereocenters. The maximum Gasteiger partial charge on any atom is 0.0832 e. The Bertz CT molecular complexity index is 468. The Balaban J connectivity index is 2.18. The fourth-order valence-electron chi connectivity index (χ4n) is 1.41. The van der Waals surface area contributed by atoms with Gasteiger partial charge in [0.15, 0.2) is 0 Å². The van der Waals surface area contributed by atoms with Gasteiger partial charge < -0.3 is 0 Å². The Hall–Kier alpha value is -1.06. The second-order valence-electron chi connectivity index (χ2n) is 3.43. The minimum atomic E-state index is 0.643. The molecule has 5 heteroatoms. The molecule has 3 nitrogen and oxygen atoms in total. The number of alkyl halides is 1. The number of aryl methyl sites for hydroxylation is 1. The van der Waals surface area contributed by atoms with Crippen molar-refractivity contribution >= 4 is 23.2 Å². The summed E-state index contributed by atoms with van der Waals surface area (Å²) in [6, 6.07) is 7.50. The lowest BCUT2D eigenvalue weighted by Crippen LogP contribution is -1.93. The average molecular weight is 256 g/mol. The quantitative estimate of drug-likeness (QED) is 0.787. The molecule has 0 aliphatic heterocycles. The van der Waals surface area contributed by atoms with Crippen molar-refractivity contribution in [3.63, 3.8) is 0 Å². The summed E-state index contributed by atoms with van der Waals surface area (Å²) in [6.45, 7) is 0. The second-order valence-corrected chi connectivity index (χ2v) is 4.24. The fraction of sp³-hybridized carbons (Fsp3) is 0.273. The van der Waals surface area contributed by atoms with E-state index in [2.05, 4.69) is 10.3 Å². The summed E-state index contributed by atoms with van der Waals surface area (Å²) < 4.78 is 1.72. The number of hydrogen-bond donors (Lipinski definition) is 0. The lowest BCUT2D eigenvalue weighted by atomic mass is 10.3. The maximum atomic E-state index is 5.91. The molecule has 84 valence electrons. The number of hydrogen-bond acceptors (Lipinski definition) is 2. The molecular weight excluding hydrogens is 245 g/mol. The molecule has 0 aliphatic rings. The van der Waals surface area contributed by atoms with Gasteiger partial charge in [-0.1, -0.05) is 22.9 Å². The summed E-state index contributed by atoms with van der Waals surface area (Å²) in [6.07, 6.45) is 3.66. The molecule has 0 saturated carbocycles. The van der Waals surface area contributed by atoms with Crippen LogP contribution in [-0.4, -0.2) is 20.9 Å². The topological polar surface area (TPSA) is 30.7 Å². The molecule has 1 aromatic carbocycles. The third kappa shape index (κ3) is 2.74. The standard InChI is InChI=1S/C11H11Cl2N3/c12-6-2-4-10-8-16(15-14-10)11-5-1-3-9(13)7-11/h1,3,5,7-8H,2,4,6H2. The summed E-state index contributed by atoms with van der Waals surface area (Å²) in [4.78, 5) is 0. The SMILES string of the molecule is ClCCCc1cn(-c2cccc(Cl)c2)nn1. The highest BCUT2D eigenvalue weighted by atomic mass is 35.5. The van der Waals surface area contributed by atoms with E-state index >= 15 is 0 Å². The minimum Gasteiger partial charge on any atom is -0.220 e. The van der Waals surface area contributed by atoms with Gasteiger partial charge in [-0.25, -0.2) is 4.68 Å². The fourth-order valence-corrected chi connectivity index (χ4v) is 1.72. The Morgan fingerprint density at radius 2 is 2.19 bits per heavy atom. The Morgan fingerprint density at radius 3 is 2.94 bits per heavy atom. The Morgan fingerprint density at radius 1 is 1.31 bits per heavy atom. The molecule has 1 heterocycles. The van der Waals surface area contributed by atoms with Gasteiger partial charge >= 0.3 is 0 Å². The van der Waals surface area contributed by atoms with Crippen molar-refractivity contribution in [2.75, 3.05) is 5.88 Å². The van der Waals surface area contributed by atoms with Crippen LogP contribution in [0.3, 0.4) is 0 Å². The van der Waals surface area contributed by atoms with Crippen LogP contribution in [0.2, 0.25) is 5.02 Å². The van der Waals surface area contributed by atoms with Gasteiger partial charge in [-0.05, 0) is 31.0 Å². The smallest absolute Gasteiger partial charge is 0.0832 e. The van der Waals surface area contributed by atoms with Crippen molar-refractivity contribution in [2.24, 2.45) is 0 Å². The van der Waals surface area contributed by atoms with Crippen molar-refractivity contribution in [3.05, 3.63) is 41.2 Å². The van der Waals surface area contributed by atoms with Crippen LogP contribution < -0.4 is 0 Å². The van der Waals surface area contributed by atoms with Gasteiger partial charge in [0.2, 0.25) is 0 Å². The van der Waals surface area contributed by atoms with Crippen molar-refractivity contribution in [1.82, 2.24) is 15.0 Å². The van der Waals surface area contributed by atoms with Gasteiger partial charge in [0.1, 0.15) is 0 Å². The van der Waals surface area contributed by atoms with E-state index < -0.39 is 0 Å². The Kier molecular flexibility index (Phi) is 3.80. The first-order chi connectivity index (χ1) is 7.79. The molecular formula is C11H11Cl2N3. The van der Waals surface area contributed by atoms with E-state index in [1.54, 1.807) is 4.68 Å². The molecule has 1 aromatic heterocycles. The molecule has 0 fully saturated rings. The van der Waals surface area contributed by atoms with Gasteiger partial charge in [0.25, 0.3) is 0 Å². The van der Waals surface area contributed by atoms with E-state index in [1.165, 1.54) is 0 Å². The second kappa shape index (κ2) is 5.32. The molecule has 0 atom stereocenters. The number of rotatable bonds is 4. The lowest BCUT2D eigenvalue weighted by Gasteiger charge is -1.99. The van der Waals surface area contributed by atoms with Crippen LogP contribution in [0.1, 0.15) is 12.1 Å². The van der Waals surface area contributed by atoms with Gasteiger partial charge in [-0.15, -0.1) is 16.7 Å². The number of aromatic nitrogens is 3. The van der Waals surface area contributed by atoms with Crippen LogP contribution in [0.5, 0.6) is 0 Å².